The zero-order valence-corrected chi connectivity index (χ0v) is 71.5. The Hall–Kier alpha value is -7.92. The third-order valence-corrected chi connectivity index (χ3v) is 22.7. The summed E-state index contributed by atoms with van der Waals surface area (Å²) in [6.45, 7) is 12.7. The molecule has 15 rings (SSSR count). The van der Waals surface area contributed by atoms with Gasteiger partial charge in [-0.3, -0.25) is 30.9 Å². The van der Waals surface area contributed by atoms with Crippen molar-refractivity contribution in [2.45, 2.75) is 109 Å². The number of pyridine rings is 6. The van der Waals surface area contributed by atoms with E-state index in [9.17, 15) is 29.8 Å². The molecule has 44 heteroatoms. The number of amides is 4. The number of hydrogen-bond donors (Lipinski definition) is 11. The molecule has 0 radical (unpaired) electrons. The van der Waals surface area contributed by atoms with Gasteiger partial charge in [-0.25, -0.2) is 64.4 Å². The van der Waals surface area contributed by atoms with Gasteiger partial charge in [0, 0.05) is 115 Å². The summed E-state index contributed by atoms with van der Waals surface area (Å²) < 4.78 is 31.5. The number of ether oxygens (including phenoxy) is 5. The first-order chi connectivity index (χ1) is 54.1. The van der Waals surface area contributed by atoms with Crippen LogP contribution in [-0.4, -0.2) is 186 Å². The van der Waals surface area contributed by atoms with E-state index < -0.39 is 9.85 Å². The van der Waals surface area contributed by atoms with Crippen LogP contribution in [0.2, 0.25) is 5.15 Å². The molecule has 10 aromatic rings. The number of nitrogens with zero attached hydrogens (tertiary/aromatic N) is 13. The van der Waals surface area contributed by atoms with E-state index in [0.29, 0.717) is 79.7 Å². The Bertz CT molecular complexity index is 4770. The minimum atomic E-state index is -0.534. The molecule has 5 unspecified atom stereocenters. The van der Waals surface area contributed by atoms with Crippen molar-refractivity contribution in [3.63, 3.8) is 0 Å². The highest BCUT2D eigenvalue weighted by Crippen LogP contribution is 2.36. The van der Waals surface area contributed by atoms with Gasteiger partial charge in [-0.05, 0) is 182 Å². The fourth-order valence-corrected chi connectivity index (χ4v) is 15.8. The lowest BCUT2D eigenvalue weighted by Gasteiger charge is -2.14. The number of halogens is 6. The third kappa shape index (κ3) is 26.9. The topological polar surface area (TPSA) is 469 Å². The summed E-state index contributed by atoms with van der Waals surface area (Å²) in [5.41, 5.74) is 15.8. The molecule has 0 bridgehead atoms. The SMILES string of the molecule is CCNC(=O)Nc1nc2cc(-c3cncnc3)c(NCC3CCCO3)nc2s1.CCNC(=O)Nc1nc2cc(Br)c(NCC3CCCO3)nc2s1.Nc1cnc(NCC2CCCO2)c(Br)c1.Nc1nc2cc(Br)c(NCC3CCCO3)nc2s1.O=[N+]([O-])c1cnc(Cl)c(Br)c1.O=[N+]([O-])c1cnc(NCC2CCCO2)c(Br)c1. The summed E-state index contributed by atoms with van der Waals surface area (Å²) in [5, 5.41) is 49.7. The average Bonchev–Trinajstić information content (AvgIpc) is 1.60. The van der Waals surface area contributed by atoms with Crippen molar-refractivity contribution in [2.75, 3.05) is 128 Å². The summed E-state index contributed by atoms with van der Waals surface area (Å²) in [6, 6.07) is 9.81. The van der Waals surface area contributed by atoms with E-state index in [1.807, 2.05) is 38.1 Å². The third-order valence-electron chi connectivity index (χ3n) is 16.6. The number of thiazole rings is 3. The van der Waals surface area contributed by atoms with E-state index in [-0.39, 0.29) is 46.9 Å². The molecule has 0 aromatic carbocycles. The maximum absolute atomic E-state index is 11.8. The van der Waals surface area contributed by atoms with Crippen molar-refractivity contribution >= 4 is 230 Å². The van der Waals surface area contributed by atoms with Gasteiger partial charge < -0.3 is 72.4 Å². The molecule has 5 aliphatic rings. The zero-order valence-electron chi connectivity index (χ0n) is 60.3. The summed E-state index contributed by atoms with van der Waals surface area (Å²) >= 11 is 26.3. The zero-order chi connectivity index (χ0) is 79.5. The molecule has 13 N–H and O–H groups in total. The maximum atomic E-state index is 11.8. The first-order valence-corrected chi connectivity index (χ1v) is 42.2. The van der Waals surface area contributed by atoms with E-state index in [2.05, 4.69) is 177 Å². The van der Waals surface area contributed by atoms with Gasteiger partial charge in [-0.15, -0.1) is 0 Å². The van der Waals surface area contributed by atoms with Crippen LogP contribution in [0.25, 0.3) is 42.2 Å². The number of nitrogen functional groups attached to an aromatic ring is 2. The lowest BCUT2D eigenvalue weighted by atomic mass is 10.1. The smallest absolute Gasteiger partial charge is 0.321 e. The fourth-order valence-electron chi connectivity index (χ4n) is 11.1. The van der Waals surface area contributed by atoms with Crippen LogP contribution in [0.15, 0.2) is 96.1 Å². The van der Waals surface area contributed by atoms with Gasteiger partial charge in [0.05, 0.1) is 74.6 Å². The van der Waals surface area contributed by atoms with Crippen molar-refractivity contribution < 1.29 is 43.1 Å². The van der Waals surface area contributed by atoms with Crippen LogP contribution < -0.4 is 59.3 Å². The summed E-state index contributed by atoms with van der Waals surface area (Å²) in [4.78, 5) is 92.3. The monoisotopic (exact) mass is 1930 g/mol. The largest absolute Gasteiger partial charge is 0.397 e. The molecule has 4 amide bonds. The van der Waals surface area contributed by atoms with Gasteiger partial charge in [0.25, 0.3) is 11.4 Å². The van der Waals surface area contributed by atoms with Crippen molar-refractivity contribution in [2.24, 2.45) is 0 Å². The predicted octanol–water partition coefficient (Wildman–Crippen LogP) is 15.5. The number of nitro groups is 2. The average molecular weight is 1940 g/mol. The molecule has 112 heavy (non-hydrogen) atoms. The van der Waals surface area contributed by atoms with Crippen LogP contribution in [0, 0.1) is 20.2 Å². The normalized spacial score (nSPS) is 17.4. The second-order valence-corrected chi connectivity index (χ2v) is 32.5. The van der Waals surface area contributed by atoms with E-state index in [1.165, 1.54) is 58.7 Å². The Labute approximate surface area is 701 Å². The molecule has 5 saturated heterocycles. The second kappa shape index (κ2) is 44.1. The highest BCUT2D eigenvalue weighted by Gasteiger charge is 2.24. The standard InChI is InChI=1S/C18H21N7O2S.C14H18BrN5O2S.C11H13BrN4OS.C10H12BrN3O3.C10H14BrN3O.C5H2BrClN2O2/c1-2-21-17(26)25-18-23-14-6-13(11-7-19-10-20-8-11)15(24-16(14)28-18)22-9-12-4-3-5-27-12;1-2-16-13(21)20-14-18-10-6-9(15)11(19-12(10)23-14)17-7-8-4-3-5-22-8;12-7-4-8-10(18-11(13)15-8)16-9(7)14-5-6-2-1-3-17-6;11-9-4-7(14(15)16)5-12-10(9)13-6-8-2-1-3-17-8;11-9-4-7(12)5-13-10(9)14-6-8-2-1-3-15-8;6-4-1-3(9(10)11)2-8-5(4)7/h6-8,10,12H,2-5,9H2,1H3,(H,22,24)(H2,21,23,25,26);6,8H,2-5,7H2,1H3,(H,17,19)(H2,16,18,20,21);4,6H,1-3,5H2,(H2,13,15)(H,14,16);4-5,8H,1-3,6H2,(H,12,13);4-5,8H,1-3,6,12H2,(H,13,14);1-2H. The fraction of sp³-hybridized carbons (Fsp3) is 0.426. The number of aromatic nitrogens is 11. The van der Waals surface area contributed by atoms with Crippen LogP contribution >= 0.6 is 125 Å². The molecule has 0 spiro atoms. The first-order valence-electron chi connectivity index (χ1n) is 35.4. The van der Waals surface area contributed by atoms with Crippen molar-refractivity contribution in [3.8, 4) is 11.1 Å². The number of anilines is 9. The van der Waals surface area contributed by atoms with Crippen LogP contribution in [0.5, 0.6) is 0 Å². The van der Waals surface area contributed by atoms with Crippen LogP contribution in [0.1, 0.15) is 78.1 Å². The number of rotatable bonds is 22. The number of fused-ring (bicyclic) bond motifs is 3. The molecule has 5 aliphatic heterocycles. The van der Waals surface area contributed by atoms with Crippen molar-refractivity contribution in [1.29, 1.82) is 0 Å². The highest BCUT2D eigenvalue weighted by molar-refractivity contribution is 9.11. The number of carbonyl (C=O) groups is 2. The lowest BCUT2D eigenvalue weighted by molar-refractivity contribution is -0.385. The van der Waals surface area contributed by atoms with Gasteiger partial charge in [0.2, 0.25) is 0 Å². The van der Waals surface area contributed by atoms with Crippen LogP contribution in [-0.2, 0) is 23.7 Å². The Balaban J connectivity index is 0.000000146. The van der Waals surface area contributed by atoms with E-state index in [4.69, 9.17) is 51.7 Å². The van der Waals surface area contributed by atoms with Gasteiger partial charge in [0.1, 0.15) is 84.0 Å². The molecular formula is C68H80Br5ClN24O11S3. The van der Waals surface area contributed by atoms with Crippen LogP contribution in [0.4, 0.5) is 71.1 Å². The van der Waals surface area contributed by atoms with Crippen molar-refractivity contribution in [1.82, 2.24) is 65.5 Å². The van der Waals surface area contributed by atoms with Gasteiger partial charge in [-0.2, -0.15) is 0 Å². The van der Waals surface area contributed by atoms with Gasteiger partial charge >= 0.3 is 12.1 Å². The van der Waals surface area contributed by atoms with Gasteiger partial charge in [0.15, 0.2) is 15.4 Å². The lowest BCUT2D eigenvalue weighted by Crippen LogP contribution is -2.28. The Morgan fingerprint density at radius 3 is 1.27 bits per heavy atom. The Morgan fingerprint density at radius 2 is 0.857 bits per heavy atom. The molecule has 598 valence electrons. The van der Waals surface area contributed by atoms with E-state index in [1.54, 1.807) is 18.6 Å². The second-order valence-electron chi connectivity index (χ2n) is 24.9. The summed E-state index contributed by atoms with van der Waals surface area (Å²) in [7, 11) is 0. The summed E-state index contributed by atoms with van der Waals surface area (Å²) in [6.07, 6.45) is 21.2. The molecule has 5 fully saturated rings. The highest BCUT2D eigenvalue weighted by atomic mass is 79.9. The number of carbonyl (C=O) groups excluding carboxylic acids is 2. The molecule has 35 nitrogen and oxygen atoms in total. The molecule has 0 saturated carbocycles. The van der Waals surface area contributed by atoms with E-state index in [0.717, 1.165) is 196 Å². The maximum Gasteiger partial charge on any atom is 0.321 e. The molecule has 0 aliphatic carbocycles. The minimum absolute atomic E-state index is 0.0282. The number of urea groups is 2. The quantitative estimate of drug-likeness (QED) is 0.0170. The number of nitrogens with one attached hydrogen (secondary N) is 9. The van der Waals surface area contributed by atoms with Crippen molar-refractivity contribution in [3.05, 3.63) is 121 Å². The van der Waals surface area contributed by atoms with E-state index >= 15 is 0 Å². The van der Waals surface area contributed by atoms with Gasteiger partial charge in [-0.1, -0.05) is 45.6 Å². The molecule has 10 aromatic heterocycles. The molecule has 5 atom stereocenters. The van der Waals surface area contributed by atoms with Crippen LogP contribution in [0.3, 0.4) is 0 Å². The Kier molecular flexibility index (Phi) is 34.0. The Morgan fingerprint density at radius 1 is 0.482 bits per heavy atom. The predicted molar refractivity (Wildman–Crippen MR) is 454 cm³/mol. The first kappa shape index (κ1) is 86.5. The minimum Gasteiger partial charge on any atom is -0.397 e. The molecular weight excluding hydrogens is 1860 g/mol. The number of hydrogen-bond acceptors (Lipinski definition) is 32. The number of nitrogens with two attached hydrogens (primary N) is 2. The summed E-state index contributed by atoms with van der Waals surface area (Å²) in [5.74, 6) is 3.74. The molecule has 15 heterocycles.